The largest absolute Gasteiger partial charge is 0.507 e. The lowest BCUT2D eigenvalue weighted by molar-refractivity contribution is 0.445. The fourth-order valence-corrected chi connectivity index (χ4v) is 5.36. The summed E-state index contributed by atoms with van der Waals surface area (Å²) < 4.78 is 0. The highest BCUT2D eigenvalue weighted by Gasteiger charge is 2.26. The average molecular weight is 602 g/mol. The Labute approximate surface area is 259 Å². The maximum Gasteiger partial charge on any atom is 0.128 e. The van der Waals surface area contributed by atoms with Crippen molar-refractivity contribution in [2.75, 3.05) is 0 Å². The minimum Gasteiger partial charge on any atom is -0.507 e. The average Bonchev–Trinajstić information content (AvgIpc) is 2.93. The summed E-state index contributed by atoms with van der Waals surface area (Å²) in [5, 5.41) is 23.4. The predicted molar refractivity (Wildman–Crippen MR) is 177 cm³/mol. The van der Waals surface area contributed by atoms with Crippen LogP contribution in [-0.4, -0.2) is 22.6 Å². The highest BCUT2D eigenvalue weighted by Crippen LogP contribution is 2.39. The lowest BCUT2D eigenvalue weighted by Gasteiger charge is -2.24. The standard InChI is InChI=1S/C36H38Cl2N2O2/c1-35(2,3)29-19-27(37)17-25(33(29)41)21-39-31(23-13-9-7-10-14-23)32(24-15-11-8-12-16-24)40-22-26-18-28(38)20-30(34(26)42)36(4,5)6/h7-22,31-32,41-42H,1-6H3. The van der Waals surface area contributed by atoms with Gasteiger partial charge in [0.2, 0.25) is 0 Å². The highest BCUT2D eigenvalue weighted by molar-refractivity contribution is 6.31. The molecule has 4 aromatic carbocycles. The van der Waals surface area contributed by atoms with E-state index in [2.05, 4.69) is 0 Å². The molecule has 4 nitrogen and oxygen atoms in total. The molecule has 0 aromatic heterocycles. The van der Waals surface area contributed by atoms with Gasteiger partial charge in [-0.1, -0.05) is 125 Å². The van der Waals surface area contributed by atoms with Crippen LogP contribution in [0.25, 0.3) is 0 Å². The Morgan fingerprint density at radius 3 is 1.21 bits per heavy atom. The summed E-state index contributed by atoms with van der Waals surface area (Å²) in [5.41, 5.74) is 3.84. The van der Waals surface area contributed by atoms with Crippen molar-refractivity contribution in [2.24, 2.45) is 9.98 Å². The number of hydrogen-bond donors (Lipinski definition) is 2. The molecule has 2 unspecified atom stereocenters. The minimum atomic E-state index is -0.454. The van der Waals surface area contributed by atoms with Crippen LogP contribution in [0.4, 0.5) is 0 Å². The number of phenolic OH excluding ortho intramolecular Hbond substituents is 2. The molecular weight excluding hydrogens is 563 g/mol. The van der Waals surface area contributed by atoms with Crippen LogP contribution in [0.3, 0.4) is 0 Å². The van der Waals surface area contributed by atoms with Crippen molar-refractivity contribution < 1.29 is 10.2 Å². The van der Waals surface area contributed by atoms with Gasteiger partial charge in [-0.15, -0.1) is 0 Å². The molecule has 0 spiro atoms. The molecule has 218 valence electrons. The zero-order valence-electron chi connectivity index (χ0n) is 24.9. The van der Waals surface area contributed by atoms with E-state index in [-0.39, 0.29) is 22.3 Å². The molecule has 2 N–H and O–H groups in total. The number of hydrogen-bond acceptors (Lipinski definition) is 4. The summed E-state index contributed by atoms with van der Waals surface area (Å²) >= 11 is 13.0. The van der Waals surface area contributed by atoms with Crippen molar-refractivity contribution in [3.05, 3.63) is 128 Å². The summed E-state index contributed by atoms with van der Waals surface area (Å²) in [6.07, 6.45) is 3.35. The first-order chi connectivity index (χ1) is 19.8. The molecule has 0 aliphatic heterocycles. The number of rotatable bonds is 7. The quantitative estimate of drug-likeness (QED) is 0.207. The second kappa shape index (κ2) is 12.7. The molecule has 0 radical (unpaired) electrons. The molecule has 42 heavy (non-hydrogen) atoms. The van der Waals surface area contributed by atoms with Crippen molar-refractivity contribution in [1.29, 1.82) is 0 Å². The Bertz CT molecular complexity index is 1460. The Morgan fingerprint density at radius 2 is 0.905 bits per heavy atom. The normalized spacial score (nSPS) is 14.0. The van der Waals surface area contributed by atoms with Gasteiger partial charge in [0, 0.05) is 44.7 Å². The van der Waals surface area contributed by atoms with Crippen LogP contribution in [0, 0.1) is 0 Å². The van der Waals surface area contributed by atoms with Gasteiger partial charge in [-0.3, -0.25) is 9.98 Å². The van der Waals surface area contributed by atoms with Crippen LogP contribution in [0.2, 0.25) is 10.0 Å². The summed E-state index contributed by atoms with van der Waals surface area (Å²) in [5.74, 6) is 0.307. The van der Waals surface area contributed by atoms with E-state index in [0.29, 0.717) is 21.2 Å². The molecule has 6 heteroatoms. The van der Waals surface area contributed by atoms with Crippen molar-refractivity contribution >= 4 is 35.6 Å². The third-order valence-electron chi connectivity index (χ3n) is 7.15. The maximum atomic E-state index is 11.2. The van der Waals surface area contributed by atoms with Gasteiger partial charge in [-0.05, 0) is 46.2 Å². The zero-order chi connectivity index (χ0) is 30.7. The molecule has 0 aliphatic rings. The second-order valence-electron chi connectivity index (χ2n) is 12.5. The van der Waals surface area contributed by atoms with E-state index in [1.807, 2.05) is 102 Å². The van der Waals surface area contributed by atoms with Crippen LogP contribution in [0.1, 0.15) is 87.0 Å². The Morgan fingerprint density at radius 1 is 0.571 bits per heavy atom. The van der Waals surface area contributed by atoms with E-state index >= 15 is 0 Å². The summed E-state index contributed by atoms with van der Waals surface area (Å²) in [4.78, 5) is 10.1. The van der Waals surface area contributed by atoms with E-state index in [1.165, 1.54) is 0 Å². The number of aromatic hydroxyl groups is 2. The molecule has 0 bridgehead atoms. The maximum absolute atomic E-state index is 11.2. The zero-order valence-corrected chi connectivity index (χ0v) is 26.4. The van der Waals surface area contributed by atoms with Crippen LogP contribution in [-0.2, 0) is 10.8 Å². The first-order valence-corrected chi connectivity index (χ1v) is 14.7. The van der Waals surface area contributed by atoms with E-state index in [0.717, 1.165) is 22.3 Å². The van der Waals surface area contributed by atoms with Gasteiger partial charge in [0.15, 0.2) is 0 Å². The molecule has 4 rings (SSSR count). The van der Waals surface area contributed by atoms with Crippen molar-refractivity contribution in [3.8, 4) is 11.5 Å². The molecular formula is C36H38Cl2N2O2. The van der Waals surface area contributed by atoms with Gasteiger partial charge in [-0.2, -0.15) is 0 Å². The van der Waals surface area contributed by atoms with Crippen LogP contribution in [0.5, 0.6) is 11.5 Å². The summed E-state index contributed by atoms with van der Waals surface area (Å²) in [6, 6.07) is 26.0. The van der Waals surface area contributed by atoms with Gasteiger partial charge < -0.3 is 10.2 Å². The molecule has 2 atom stereocenters. The smallest absolute Gasteiger partial charge is 0.128 e. The van der Waals surface area contributed by atoms with Crippen molar-refractivity contribution in [3.63, 3.8) is 0 Å². The number of nitrogens with zero attached hydrogens (tertiary/aromatic N) is 2. The Kier molecular flexibility index (Phi) is 9.50. The SMILES string of the molecule is CC(C)(C)c1cc(Cl)cc(C=NC(c2ccccc2)C(N=Cc2cc(Cl)cc(C(C)(C)C)c2O)c2ccccc2)c1O. The van der Waals surface area contributed by atoms with E-state index in [4.69, 9.17) is 33.2 Å². The third-order valence-corrected chi connectivity index (χ3v) is 7.59. The van der Waals surface area contributed by atoms with Crippen LogP contribution in [0.15, 0.2) is 94.9 Å². The third kappa shape index (κ3) is 7.42. The van der Waals surface area contributed by atoms with E-state index in [1.54, 1.807) is 36.7 Å². The molecule has 0 heterocycles. The van der Waals surface area contributed by atoms with E-state index < -0.39 is 12.1 Å². The molecule has 0 fully saturated rings. The van der Waals surface area contributed by atoms with Crippen LogP contribution < -0.4 is 0 Å². The summed E-state index contributed by atoms with van der Waals surface area (Å²) in [7, 11) is 0. The van der Waals surface area contributed by atoms with Crippen LogP contribution >= 0.6 is 23.2 Å². The molecule has 0 saturated carbocycles. The van der Waals surface area contributed by atoms with Crippen molar-refractivity contribution in [2.45, 2.75) is 64.5 Å². The molecule has 0 amide bonds. The number of aliphatic imine (C=N–C) groups is 2. The number of benzene rings is 4. The number of phenols is 2. The molecule has 0 saturated heterocycles. The summed E-state index contributed by atoms with van der Waals surface area (Å²) in [6.45, 7) is 12.2. The first-order valence-electron chi connectivity index (χ1n) is 14.0. The Balaban J connectivity index is 1.87. The lowest BCUT2D eigenvalue weighted by atomic mass is 9.85. The highest BCUT2D eigenvalue weighted by atomic mass is 35.5. The fraction of sp³-hybridized carbons (Fsp3) is 0.278. The monoisotopic (exact) mass is 600 g/mol. The lowest BCUT2D eigenvalue weighted by Crippen LogP contribution is -2.13. The van der Waals surface area contributed by atoms with E-state index in [9.17, 15) is 10.2 Å². The van der Waals surface area contributed by atoms with Gasteiger partial charge in [0.25, 0.3) is 0 Å². The topological polar surface area (TPSA) is 65.2 Å². The van der Waals surface area contributed by atoms with Gasteiger partial charge >= 0.3 is 0 Å². The fourth-order valence-electron chi connectivity index (χ4n) is 4.90. The first kappa shape index (κ1) is 31.3. The van der Waals surface area contributed by atoms with Crippen molar-refractivity contribution in [1.82, 2.24) is 0 Å². The van der Waals surface area contributed by atoms with Gasteiger partial charge in [0.1, 0.15) is 23.6 Å². The minimum absolute atomic E-state index is 0.154. The van der Waals surface area contributed by atoms with Gasteiger partial charge in [-0.25, -0.2) is 0 Å². The molecule has 4 aromatic rings. The second-order valence-corrected chi connectivity index (χ2v) is 13.4. The Hall–Kier alpha value is -3.60. The predicted octanol–water partition coefficient (Wildman–Crippen LogP) is 10.0. The number of halogens is 2. The molecule has 0 aliphatic carbocycles. The van der Waals surface area contributed by atoms with Gasteiger partial charge in [0.05, 0.1) is 0 Å².